The molecule has 2 rings (SSSR count). The van der Waals surface area contributed by atoms with Crippen LogP contribution in [0.3, 0.4) is 0 Å². The van der Waals surface area contributed by atoms with Crippen molar-refractivity contribution in [2.75, 3.05) is 0 Å². The second-order valence-electron chi connectivity index (χ2n) is 5.95. The van der Waals surface area contributed by atoms with Crippen molar-refractivity contribution in [2.24, 2.45) is 23.7 Å². The smallest absolute Gasteiger partial charge is 0.441 e. The van der Waals surface area contributed by atoms with E-state index in [1.165, 1.54) is 0 Å². The van der Waals surface area contributed by atoms with Gasteiger partial charge in [-0.25, -0.2) is 9.59 Å². The van der Waals surface area contributed by atoms with Gasteiger partial charge in [-0.3, -0.25) is 4.79 Å². The van der Waals surface area contributed by atoms with Gasteiger partial charge >= 0.3 is 18.0 Å². The van der Waals surface area contributed by atoms with Gasteiger partial charge in [-0.15, -0.1) is 5.48 Å². The summed E-state index contributed by atoms with van der Waals surface area (Å²) < 4.78 is 4.91. The highest BCUT2D eigenvalue weighted by molar-refractivity contribution is 5.83. The predicted octanol–water partition coefficient (Wildman–Crippen LogP) is 1.10. The topological polar surface area (TPSA) is 102 Å². The molecule has 0 radical (unpaired) electrons. The first-order valence-electron chi connectivity index (χ1n) is 6.31. The summed E-state index contributed by atoms with van der Waals surface area (Å²) in [7, 11) is 0. The molecule has 0 aliphatic heterocycles. The second kappa shape index (κ2) is 4.81. The lowest BCUT2D eigenvalue weighted by Gasteiger charge is -2.19. The Morgan fingerprint density at radius 2 is 1.85 bits per heavy atom. The van der Waals surface area contributed by atoms with Crippen LogP contribution in [0, 0.1) is 23.7 Å². The SMILES string of the molecule is CC(C)(C)OC(=O)NOC(=O)[C@H]1C=C[C@H]2[C@H](C(=O)O)[C@H]21. The molecule has 2 aliphatic carbocycles. The third-order valence-corrected chi connectivity index (χ3v) is 3.28. The Labute approximate surface area is 115 Å². The third-order valence-electron chi connectivity index (χ3n) is 3.28. The van der Waals surface area contributed by atoms with Crippen LogP contribution in [0.1, 0.15) is 20.8 Å². The number of hydroxylamine groups is 1. The number of hydrogen-bond acceptors (Lipinski definition) is 5. The van der Waals surface area contributed by atoms with Gasteiger partial charge in [-0.1, -0.05) is 12.2 Å². The molecule has 0 spiro atoms. The molecule has 0 saturated heterocycles. The fourth-order valence-corrected chi connectivity index (χ4v) is 2.47. The standard InChI is InChI=1S/C13H17NO6/c1-13(2,3)19-12(18)14-20-11(17)7-5-4-6-8(7)9(6)10(15)16/h4-9H,1-3H3,(H,14,18)(H,15,16)/t6-,7+,8-,9+/m1/s1. The lowest BCUT2D eigenvalue weighted by molar-refractivity contribution is -0.154. The number of carbonyl (C=O) groups is 3. The Balaban J connectivity index is 1.81. The highest BCUT2D eigenvalue weighted by Gasteiger charge is 2.61. The highest BCUT2D eigenvalue weighted by Crippen LogP contribution is 2.56. The molecule has 110 valence electrons. The Kier molecular flexibility index (Phi) is 3.45. The zero-order chi connectivity index (χ0) is 15.1. The van der Waals surface area contributed by atoms with Crippen LogP contribution in [0.4, 0.5) is 4.79 Å². The van der Waals surface area contributed by atoms with E-state index in [2.05, 4.69) is 4.84 Å². The second-order valence-corrected chi connectivity index (χ2v) is 5.95. The summed E-state index contributed by atoms with van der Waals surface area (Å²) in [4.78, 5) is 38.6. The molecule has 0 heterocycles. The summed E-state index contributed by atoms with van der Waals surface area (Å²) in [5, 5.41) is 8.93. The Morgan fingerprint density at radius 1 is 1.20 bits per heavy atom. The Morgan fingerprint density at radius 3 is 2.35 bits per heavy atom. The molecule has 0 aromatic rings. The van der Waals surface area contributed by atoms with E-state index >= 15 is 0 Å². The van der Waals surface area contributed by atoms with E-state index in [1.807, 2.05) is 5.48 Å². The molecule has 1 saturated carbocycles. The molecule has 1 fully saturated rings. The largest absolute Gasteiger partial charge is 0.481 e. The average molecular weight is 283 g/mol. The normalized spacial score (nSPS) is 30.4. The number of carbonyl (C=O) groups excluding carboxylic acids is 2. The minimum Gasteiger partial charge on any atom is -0.481 e. The minimum absolute atomic E-state index is 0.105. The van der Waals surface area contributed by atoms with Gasteiger partial charge in [0.2, 0.25) is 0 Å². The van der Waals surface area contributed by atoms with Crippen LogP contribution in [0.15, 0.2) is 12.2 Å². The lowest BCUT2D eigenvalue weighted by Crippen LogP contribution is -2.35. The van der Waals surface area contributed by atoms with Gasteiger partial charge in [-0.05, 0) is 32.6 Å². The molecular formula is C13H17NO6. The number of amides is 1. The maximum absolute atomic E-state index is 11.8. The first-order chi connectivity index (χ1) is 9.20. The average Bonchev–Trinajstić information content (AvgIpc) is 2.86. The van der Waals surface area contributed by atoms with Crippen LogP contribution in [-0.2, 0) is 19.2 Å². The number of nitrogens with one attached hydrogen (secondary N) is 1. The number of hydrogen-bond donors (Lipinski definition) is 2. The molecule has 20 heavy (non-hydrogen) atoms. The molecule has 7 heteroatoms. The van der Waals surface area contributed by atoms with Crippen molar-refractivity contribution in [1.82, 2.24) is 5.48 Å². The number of aliphatic carboxylic acids is 1. The summed E-state index contributed by atoms with van der Waals surface area (Å²) >= 11 is 0. The number of rotatable bonds is 2. The van der Waals surface area contributed by atoms with Gasteiger partial charge in [-0.2, -0.15) is 0 Å². The van der Waals surface area contributed by atoms with Crippen molar-refractivity contribution in [2.45, 2.75) is 26.4 Å². The Bertz CT molecular complexity index is 478. The molecule has 0 aromatic carbocycles. The quantitative estimate of drug-likeness (QED) is 0.581. The van der Waals surface area contributed by atoms with Gasteiger partial charge < -0.3 is 14.7 Å². The fraction of sp³-hybridized carbons (Fsp3) is 0.615. The molecule has 4 atom stereocenters. The van der Waals surface area contributed by atoms with Gasteiger partial charge in [0.1, 0.15) is 5.60 Å². The molecule has 2 N–H and O–H groups in total. The molecule has 1 amide bonds. The van der Waals surface area contributed by atoms with Crippen molar-refractivity contribution >= 4 is 18.0 Å². The van der Waals surface area contributed by atoms with E-state index in [9.17, 15) is 14.4 Å². The van der Waals surface area contributed by atoms with E-state index in [0.717, 1.165) is 0 Å². The zero-order valence-electron chi connectivity index (χ0n) is 11.5. The number of fused-ring (bicyclic) bond motifs is 1. The van der Waals surface area contributed by atoms with Crippen molar-refractivity contribution in [1.29, 1.82) is 0 Å². The highest BCUT2D eigenvalue weighted by atomic mass is 16.7. The first-order valence-corrected chi connectivity index (χ1v) is 6.31. The summed E-state index contributed by atoms with van der Waals surface area (Å²) in [5.74, 6) is -3.12. The molecule has 0 bridgehead atoms. The van der Waals surface area contributed by atoms with Gasteiger partial charge in [0.25, 0.3) is 0 Å². The van der Waals surface area contributed by atoms with Crippen LogP contribution < -0.4 is 5.48 Å². The third kappa shape index (κ3) is 2.92. The van der Waals surface area contributed by atoms with E-state index < -0.39 is 35.5 Å². The maximum atomic E-state index is 11.8. The summed E-state index contributed by atoms with van der Waals surface area (Å²) in [5.41, 5.74) is 1.21. The van der Waals surface area contributed by atoms with E-state index in [0.29, 0.717) is 0 Å². The number of allylic oxidation sites excluding steroid dienone is 1. The fourth-order valence-electron chi connectivity index (χ4n) is 2.47. The van der Waals surface area contributed by atoms with Gasteiger partial charge in [0, 0.05) is 0 Å². The molecule has 0 unspecified atom stereocenters. The van der Waals surface area contributed by atoms with Crippen LogP contribution in [0.25, 0.3) is 0 Å². The first kappa shape index (κ1) is 14.4. The van der Waals surface area contributed by atoms with Crippen LogP contribution in [0.5, 0.6) is 0 Å². The summed E-state index contributed by atoms with van der Waals surface area (Å²) in [6.45, 7) is 5.04. The number of carboxylic acid groups (broad SMARTS) is 1. The zero-order valence-corrected chi connectivity index (χ0v) is 11.5. The van der Waals surface area contributed by atoms with Crippen molar-refractivity contribution in [3.05, 3.63) is 12.2 Å². The minimum atomic E-state index is -0.915. The molecule has 0 aromatic heterocycles. The van der Waals surface area contributed by atoms with Crippen LogP contribution >= 0.6 is 0 Å². The molecular weight excluding hydrogens is 266 g/mol. The number of carboxylic acids is 1. The van der Waals surface area contributed by atoms with Crippen molar-refractivity contribution in [3.63, 3.8) is 0 Å². The summed E-state index contributed by atoms with van der Waals surface area (Å²) in [6.07, 6.45) is 2.46. The molecule has 7 nitrogen and oxygen atoms in total. The van der Waals surface area contributed by atoms with Gasteiger partial charge in [0.05, 0.1) is 11.8 Å². The summed E-state index contributed by atoms with van der Waals surface area (Å²) in [6, 6.07) is 0. The maximum Gasteiger partial charge on any atom is 0.441 e. The number of ether oxygens (including phenoxy) is 1. The van der Waals surface area contributed by atoms with E-state index in [1.54, 1.807) is 32.9 Å². The monoisotopic (exact) mass is 283 g/mol. The van der Waals surface area contributed by atoms with E-state index in [4.69, 9.17) is 9.84 Å². The predicted molar refractivity (Wildman–Crippen MR) is 66.2 cm³/mol. The Hall–Kier alpha value is -2.05. The van der Waals surface area contributed by atoms with Crippen LogP contribution in [0.2, 0.25) is 0 Å². The van der Waals surface area contributed by atoms with Crippen molar-refractivity contribution in [3.8, 4) is 0 Å². The molecule has 2 aliphatic rings. The van der Waals surface area contributed by atoms with E-state index in [-0.39, 0.29) is 11.8 Å². The van der Waals surface area contributed by atoms with Crippen molar-refractivity contribution < 1.29 is 29.1 Å². The van der Waals surface area contributed by atoms with Crippen LogP contribution in [-0.4, -0.2) is 28.7 Å². The van der Waals surface area contributed by atoms with Gasteiger partial charge in [0.15, 0.2) is 0 Å². The lowest BCUT2D eigenvalue weighted by atomic mass is 10.0.